The second kappa shape index (κ2) is 10.2. The van der Waals surface area contributed by atoms with Crippen LogP contribution in [0.5, 0.6) is 0 Å². The molecule has 3 aromatic rings. The van der Waals surface area contributed by atoms with Gasteiger partial charge in [-0.05, 0) is 30.0 Å². The highest BCUT2D eigenvalue weighted by molar-refractivity contribution is 7.99. The average molecular weight is 398 g/mol. The fourth-order valence-corrected chi connectivity index (χ4v) is 4.44. The number of hydrogen-bond acceptors (Lipinski definition) is 5. The Morgan fingerprint density at radius 1 is 1.15 bits per heavy atom. The van der Waals surface area contributed by atoms with Gasteiger partial charge in [-0.3, -0.25) is 9.78 Å². The van der Waals surface area contributed by atoms with E-state index in [0.29, 0.717) is 12.3 Å². The van der Waals surface area contributed by atoms with Gasteiger partial charge in [0.25, 0.3) is 0 Å². The second-order valence-corrected chi connectivity index (χ2v) is 8.24. The Kier molecular flexibility index (Phi) is 7.42. The van der Waals surface area contributed by atoms with Gasteiger partial charge in [0.15, 0.2) is 0 Å². The second-order valence-electron chi connectivity index (χ2n) is 6.14. The maximum Gasteiger partial charge on any atom is 0.230 e. The van der Waals surface area contributed by atoms with E-state index in [1.54, 1.807) is 29.3 Å². The number of pyridine rings is 1. The van der Waals surface area contributed by atoms with Crippen LogP contribution in [0.2, 0.25) is 0 Å². The quantitative estimate of drug-likeness (QED) is 0.583. The maximum atomic E-state index is 12.0. The highest BCUT2D eigenvalue weighted by Crippen LogP contribution is 2.27. The first-order valence-corrected chi connectivity index (χ1v) is 11.0. The van der Waals surface area contributed by atoms with Crippen molar-refractivity contribution in [3.8, 4) is 10.6 Å². The van der Waals surface area contributed by atoms with Crippen LogP contribution in [-0.4, -0.2) is 28.2 Å². The van der Waals surface area contributed by atoms with Crippen molar-refractivity contribution in [2.75, 3.05) is 12.3 Å². The molecule has 27 heavy (non-hydrogen) atoms. The number of amides is 1. The number of hydrogen-bond donors (Lipinski definition) is 1. The molecule has 0 radical (unpaired) electrons. The number of benzene rings is 1. The zero-order chi connectivity index (χ0) is 18.9. The molecule has 0 aliphatic carbocycles. The predicted molar refractivity (Wildman–Crippen MR) is 114 cm³/mol. The van der Waals surface area contributed by atoms with Crippen LogP contribution in [0.4, 0.5) is 0 Å². The number of nitrogens with zero attached hydrogens (tertiary/aromatic N) is 2. The summed E-state index contributed by atoms with van der Waals surface area (Å²) in [5.74, 6) is 1.34. The molecule has 0 spiro atoms. The molecule has 6 heteroatoms. The number of thioether (sulfide) groups is 1. The van der Waals surface area contributed by atoms with Crippen molar-refractivity contribution in [2.45, 2.75) is 25.5 Å². The molecular formula is C21H23N3OS2. The molecule has 1 amide bonds. The molecule has 2 aromatic heterocycles. The van der Waals surface area contributed by atoms with E-state index in [1.807, 2.05) is 24.5 Å². The molecular weight excluding hydrogens is 374 g/mol. The lowest BCUT2D eigenvalue weighted by atomic mass is 10.1. The largest absolute Gasteiger partial charge is 0.355 e. The molecule has 0 aliphatic heterocycles. The first-order valence-electron chi connectivity index (χ1n) is 9.02. The van der Waals surface area contributed by atoms with Crippen molar-refractivity contribution < 1.29 is 4.79 Å². The van der Waals surface area contributed by atoms with Gasteiger partial charge in [-0.15, -0.1) is 23.1 Å². The van der Waals surface area contributed by atoms with Gasteiger partial charge >= 0.3 is 0 Å². The topological polar surface area (TPSA) is 54.9 Å². The lowest BCUT2D eigenvalue weighted by Crippen LogP contribution is -2.27. The van der Waals surface area contributed by atoms with Crippen molar-refractivity contribution in [3.05, 3.63) is 71.0 Å². The zero-order valence-corrected chi connectivity index (χ0v) is 17.0. The van der Waals surface area contributed by atoms with Crippen LogP contribution in [0.1, 0.15) is 22.9 Å². The highest BCUT2D eigenvalue weighted by Gasteiger charge is 2.07. The minimum absolute atomic E-state index is 0.0729. The van der Waals surface area contributed by atoms with Gasteiger partial charge in [0, 0.05) is 41.3 Å². The Hall–Kier alpha value is -2.18. The molecule has 0 fully saturated rings. The van der Waals surface area contributed by atoms with E-state index < -0.39 is 0 Å². The Morgan fingerprint density at radius 3 is 2.74 bits per heavy atom. The fourth-order valence-electron chi connectivity index (χ4n) is 2.58. The molecule has 140 valence electrons. The minimum Gasteiger partial charge on any atom is -0.355 e. The van der Waals surface area contributed by atoms with Gasteiger partial charge in [0.1, 0.15) is 5.01 Å². The molecule has 0 aliphatic rings. The Morgan fingerprint density at radius 2 is 2.00 bits per heavy atom. The summed E-state index contributed by atoms with van der Waals surface area (Å²) in [7, 11) is 0. The van der Waals surface area contributed by atoms with Gasteiger partial charge in [0.2, 0.25) is 5.91 Å². The summed E-state index contributed by atoms with van der Waals surface area (Å²) in [5.41, 5.74) is 3.62. The van der Waals surface area contributed by atoms with Crippen LogP contribution in [0.25, 0.3) is 10.6 Å². The summed E-state index contributed by atoms with van der Waals surface area (Å²) in [6.45, 7) is 2.80. The van der Waals surface area contributed by atoms with E-state index >= 15 is 0 Å². The van der Waals surface area contributed by atoms with Crippen LogP contribution >= 0.6 is 23.1 Å². The zero-order valence-electron chi connectivity index (χ0n) is 15.4. The number of aromatic nitrogens is 2. The summed E-state index contributed by atoms with van der Waals surface area (Å²) in [6, 6.07) is 12.5. The summed E-state index contributed by atoms with van der Waals surface area (Å²) in [5, 5.41) is 4.00. The SMILES string of the molecule is CCc1ccc(-c2ncc(CSCC(=O)NCCc3cccnc3)s2)cc1. The molecule has 0 bridgehead atoms. The van der Waals surface area contributed by atoms with Gasteiger partial charge in [-0.25, -0.2) is 4.98 Å². The monoisotopic (exact) mass is 397 g/mol. The molecule has 2 heterocycles. The molecule has 0 saturated carbocycles. The predicted octanol–water partition coefficient (Wildman–Crippen LogP) is 4.36. The summed E-state index contributed by atoms with van der Waals surface area (Å²) >= 11 is 3.32. The molecule has 0 saturated heterocycles. The lowest BCUT2D eigenvalue weighted by Gasteiger charge is -2.04. The normalized spacial score (nSPS) is 10.7. The first-order chi connectivity index (χ1) is 13.2. The first kappa shape index (κ1) is 19.6. The fraction of sp³-hybridized carbons (Fsp3) is 0.286. The standard InChI is InChI=1S/C21H23N3OS2/c1-2-16-5-7-18(8-6-16)21-24-13-19(27-21)14-26-15-20(25)23-11-9-17-4-3-10-22-12-17/h3-8,10,12-13H,2,9,11,14-15H2,1H3,(H,23,25). The van der Waals surface area contributed by atoms with E-state index in [4.69, 9.17) is 0 Å². The Balaban J connectivity index is 1.38. The van der Waals surface area contributed by atoms with Crippen LogP contribution in [0.3, 0.4) is 0 Å². The van der Waals surface area contributed by atoms with Gasteiger partial charge in [-0.2, -0.15) is 0 Å². The van der Waals surface area contributed by atoms with Crippen molar-refractivity contribution >= 4 is 29.0 Å². The molecule has 1 aromatic carbocycles. The van der Waals surface area contributed by atoms with Gasteiger partial charge in [-0.1, -0.05) is 37.3 Å². The number of carbonyl (C=O) groups is 1. The van der Waals surface area contributed by atoms with Crippen molar-refractivity contribution in [2.24, 2.45) is 0 Å². The number of thiazole rings is 1. The van der Waals surface area contributed by atoms with Crippen LogP contribution in [0, 0.1) is 0 Å². The minimum atomic E-state index is 0.0729. The van der Waals surface area contributed by atoms with E-state index in [1.165, 1.54) is 10.4 Å². The van der Waals surface area contributed by atoms with Crippen LogP contribution < -0.4 is 5.32 Å². The van der Waals surface area contributed by atoms with Crippen molar-refractivity contribution in [1.82, 2.24) is 15.3 Å². The Bertz CT molecular complexity index is 847. The summed E-state index contributed by atoms with van der Waals surface area (Å²) in [4.78, 5) is 21.7. The summed E-state index contributed by atoms with van der Waals surface area (Å²) < 4.78 is 0. The van der Waals surface area contributed by atoms with Gasteiger partial charge < -0.3 is 5.32 Å². The number of aryl methyl sites for hydroxylation is 1. The molecule has 0 atom stereocenters. The summed E-state index contributed by atoms with van der Waals surface area (Å²) in [6.07, 6.45) is 7.35. The Labute approximate surface area is 168 Å². The van der Waals surface area contributed by atoms with Crippen LogP contribution in [-0.2, 0) is 23.4 Å². The third-order valence-electron chi connectivity index (χ3n) is 4.10. The van der Waals surface area contributed by atoms with Crippen LogP contribution in [0.15, 0.2) is 55.0 Å². The van der Waals surface area contributed by atoms with Crippen molar-refractivity contribution in [1.29, 1.82) is 0 Å². The number of nitrogens with one attached hydrogen (secondary N) is 1. The van der Waals surface area contributed by atoms with Gasteiger partial charge in [0.05, 0.1) is 5.75 Å². The molecule has 0 unspecified atom stereocenters. The highest BCUT2D eigenvalue weighted by atomic mass is 32.2. The average Bonchev–Trinajstić information content (AvgIpc) is 3.18. The maximum absolute atomic E-state index is 12.0. The lowest BCUT2D eigenvalue weighted by molar-refractivity contribution is -0.118. The third-order valence-corrected chi connectivity index (χ3v) is 6.31. The number of rotatable bonds is 9. The molecule has 4 nitrogen and oxygen atoms in total. The smallest absolute Gasteiger partial charge is 0.230 e. The van der Waals surface area contributed by atoms with E-state index in [2.05, 4.69) is 46.5 Å². The van der Waals surface area contributed by atoms with E-state index in [0.717, 1.165) is 34.7 Å². The molecule has 1 N–H and O–H groups in total. The number of carbonyl (C=O) groups excluding carboxylic acids is 1. The van der Waals surface area contributed by atoms with E-state index in [9.17, 15) is 4.79 Å². The van der Waals surface area contributed by atoms with Crippen molar-refractivity contribution in [3.63, 3.8) is 0 Å². The van der Waals surface area contributed by atoms with E-state index in [-0.39, 0.29) is 5.91 Å². The third kappa shape index (κ3) is 6.19. The molecule has 3 rings (SSSR count).